The van der Waals surface area contributed by atoms with Crippen LogP contribution in [-0.2, 0) is 28.4 Å². The van der Waals surface area contributed by atoms with Crippen molar-refractivity contribution in [3.63, 3.8) is 0 Å². The maximum absolute atomic E-state index is 15.2. The summed E-state index contributed by atoms with van der Waals surface area (Å²) in [7, 11) is 0. The van der Waals surface area contributed by atoms with E-state index in [4.69, 9.17) is 4.74 Å². The number of carbonyl (C=O) groups excluding carboxylic acids is 2. The van der Waals surface area contributed by atoms with E-state index in [9.17, 15) is 45.4 Å². The molecule has 1 fully saturated rings. The number of carboxylic acid groups (broad SMARTS) is 1. The van der Waals surface area contributed by atoms with Crippen molar-refractivity contribution in [2.75, 3.05) is 13.1 Å². The molecular weight excluding hydrogens is 707 g/mol. The molecule has 1 N–H and O–H groups in total. The number of pyridine rings is 1. The second-order valence-corrected chi connectivity index (χ2v) is 13.6. The summed E-state index contributed by atoms with van der Waals surface area (Å²) in [4.78, 5) is 45.8. The standard InChI is InChI=1S/C35H36F7N3O5S/c1-2-7-27-33(50-23-19-28(51-20-23)35(40,41)42,14-6-16-45(27)31(48)30-25(34(37,38)39)8-5-15-43-30)32(49)44-17-13-21-11-12-22(36)18-24(21)26(44)9-3-4-10-29(46)47/h5,8,11-12,15,18-20,26-27H,2-4,6-7,9-10,13-14,16-17H2,1H3,(H,46,47)/t26-,27+,33-/m0/s1. The number of aliphatic carboxylic acids is 1. The first kappa shape index (κ1) is 38.0. The number of aromatic nitrogens is 1. The molecule has 2 aliphatic heterocycles. The van der Waals surface area contributed by atoms with Gasteiger partial charge in [-0.2, -0.15) is 26.3 Å². The topological polar surface area (TPSA) is 100 Å². The summed E-state index contributed by atoms with van der Waals surface area (Å²) in [6.07, 6.45) is -7.40. The molecular formula is C35H36F7N3O5S. The molecule has 0 saturated carbocycles. The number of hydrogen-bond donors (Lipinski definition) is 1. The van der Waals surface area contributed by atoms with Gasteiger partial charge in [-0.05, 0) is 67.5 Å². The Labute approximate surface area is 293 Å². The lowest BCUT2D eigenvalue weighted by molar-refractivity contribution is -0.162. The first-order chi connectivity index (χ1) is 24.1. The van der Waals surface area contributed by atoms with Gasteiger partial charge in [0.05, 0.1) is 17.6 Å². The van der Waals surface area contributed by atoms with Crippen molar-refractivity contribution in [1.82, 2.24) is 14.8 Å². The number of halogens is 7. The Morgan fingerprint density at radius 2 is 1.78 bits per heavy atom. The van der Waals surface area contributed by atoms with Gasteiger partial charge in [-0.25, -0.2) is 4.39 Å². The van der Waals surface area contributed by atoms with Crippen molar-refractivity contribution in [3.05, 3.63) is 81.1 Å². The van der Waals surface area contributed by atoms with Crippen LogP contribution in [0.3, 0.4) is 0 Å². The van der Waals surface area contributed by atoms with Crippen LogP contribution in [0.4, 0.5) is 30.7 Å². The number of alkyl halides is 6. The van der Waals surface area contributed by atoms with Crippen molar-refractivity contribution in [2.45, 2.75) is 94.7 Å². The quantitative estimate of drug-likeness (QED) is 0.157. The third kappa shape index (κ3) is 8.15. The van der Waals surface area contributed by atoms with E-state index in [0.29, 0.717) is 29.7 Å². The molecule has 2 aromatic heterocycles. The molecule has 0 radical (unpaired) electrons. The van der Waals surface area contributed by atoms with Crippen LogP contribution in [0.5, 0.6) is 5.75 Å². The zero-order valence-corrected chi connectivity index (χ0v) is 28.3. The van der Waals surface area contributed by atoms with Gasteiger partial charge in [-0.3, -0.25) is 19.4 Å². The molecule has 0 spiro atoms. The fourth-order valence-corrected chi connectivity index (χ4v) is 7.83. The highest BCUT2D eigenvalue weighted by atomic mass is 32.1. The van der Waals surface area contributed by atoms with E-state index in [1.54, 1.807) is 13.0 Å². The van der Waals surface area contributed by atoms with Crippen LogP contribution in [0.15, 0.2) is 48.0 Å². The van der Waals surface area contributed by atoms with Crippen LogP contribution in [0.25, 0.3) is 0 Å². The number of rotatable bonds is 11. The number of fused-ring (bicyclic) bond motifs is 1. The predicted octanol–water partition coefficient (Wildman–Crippen LogP) is 8.31. The predicted molar refractivity (Wildman–Crippen MR) is 172 cm³/mol. The zero-order chi connectivity index (χ0) is 37.1. The highest BCUT2D eigenvalue weighted by Gasteiger charge is 2.57. The van der Waals surface area contributed by atoms with E-state index in [0.717, 1.165) is 40.2 Å². The van der Waals surface area contributed by atoms with E-state index in [1.807, 2.05) is 0 Å². The number of carbonyl (C=O) groups is 3. The van der Waals surface area contributed by atoms with Gasteiger partial charge in [0.25, 0.3) is 11.8 Å². The smallest absolute Gasteiger partial charge is 0.425 e. The molecule has 2 amide bonds. The molecule has 4 heterocycles. The summed E-state index contributed by atoms with van der Waals surface area (Å²) >= 11 is 0.343. The normalized spacial score (nSPS) is 20.9. The second kappa shape index (κ2) is 15.2. The number of hydrogen-bond acceptors (Lipinski definition) is 6. The first-order valence-electron chi connectivity index (χ1n) is 16.6. The molecule has 16 heteroatoms. The van der Waals surface area contributed by atoms with Crippen LogP contribution in [0.1, 0.15) is 96.4 Å². The lowest BCUT2D eigenvalue weighted by atomic mass is 9.78. The number of ether oxygens (including phenoxy) is 1. The number of thiophene rings is 1. The van der Waals surface area contributed by atoms with Crippen molar-refractivity contribution in [1.29, 1.82) is 0 Å². The highest BCUT2D eigenvalue weighted by molar-refractivity contribution is 7.10. The Kier molecular flexibility index (Phi) is 11.3. The Morgan fingerprint density at radius 3 is 2.45 bits per heavy atom. The Morgan fingerprint density at radius 1 is 1.02 bits per heavy atom. The Balaban J connectivity index is 1.63. The van der Waals surface area contributed by atoms with Gasteiger partial charge in [0, 0.05) is 43.6 Å². The minimum Gasteiger partial charge on any atom is -0.481 e. The van der Waals surface area contributed by atoms with E-state index in [1.165, 1.54) is 17.0 Å². The number of piperidine rings is 1. The highest BCUT2D eigenvalue weighted by Crippen LogP contribution is 2.45. The van der Waals surface area contributed by atoms with Crippen molar-refractivity contribution in [2.24, 2.45) is 0 Å². The second-order valence-electron chi connectivity index (χ2n) is 12.7. The van der Waals surface area contributed by atoms with Crippen molar-refractivity contribution in [3.8, 4) is 5.75 Å². The Bertz CT molecular complexity index is 1750. The molecule has 5 rings (SSSR count). The SMILES string of the molecule is CCC[C@H]1N(C(=O)c2ncccc2C(F)(F)F)CCC[C@@]1(Oc1csc(C(F)(F)F)c1)C(=O)N1CCc2ccc(F)cc2[C@@H]1CCCCC(=O)O. The lowest BCUT2D eigenvalue weighted by Gasteiger charge is -2.51. The van der Waals surface area contributed by atoms with Crippen molar-refractivity contribution >= 4 is 29.1 Å². The molecule has 1 saturated heterocycles. The molecule has 2 aliphatic rings. The fourth-order valence-electron chi connectivity index (χ4n) is 7.16. The molecule has 1 aromatic carbocycles. The molecule has 51 heavy (non-hydrogen) atoms. The van der Waals surface area contributed by atoms with Crippen LogP contribution in [0.2, 0.25) is 0 Å². The number of nitrogens with zero attached hydrogens (tertiary/aromatic N) is 3. The van der Waals surface area contributed by atoms with Crippen LogP contribution >= 0.6 is 11.3 Å². The monoisotopic (exact) mass is 743 g/mol. The minimum atomic E-state index is -4.94. The molecule has 0 unspecified atom stereocenters. The summed E-state index contributed by atoms with van der Waals surface area (Å²) in [5.74, 6) is -3.72. The van der Waals surface area contributed by atoms with Crippen LogP contribution in [-0.4, -0.2) is 62.4 Å². The van der Waals surface area contributed by atoms with E-state index >= 15 is 4.79 Å². The summed E-state index contributed by atoms with van der Waals surface area (Å²) in [6, 6.07) is 4.64. The third-order valence-corrected chi connectivity index (χ3v) is 10.3. The summed E-state index contributed by atoms with van der Waals surface area (Å²) in [6.45, 7) is 1.72. The van der Waals surface area contributed by atoms with E-state index < -0.39 is 69.8 Å². The maximum Gasteiger partial charge on any atom is 0.425 e. The summed E-state index contributed by atoms with van der Waals surface area (Å²) < 4.78 is 104. The number of likely N-dealkylation sites (tertiary alicyclic amines) is 1. The molecule has 8 nitrogen and oxygen atoms in total. The van der Waals surface area contributed by atoms with Gasteiger partial charge < -0.3 is 19.6 Å². The molecule has 276 valence electrons. The molecule has 0 bridgehead atoms. The minimum absolute atomic E-state index is 0.0320. The summed E-state index contributed by atoms with van der Waals surface area (Å²) in [5, 5.41) is 10.3. The van der Waals surface area contributed by atoms with Gasteiger partial charge in [0.1, 0.15) is 22.1 Å². The molecule has 0 aliphatic carbocycles. The average Bonchev–Trinajstić information content (AvgIpc) is 3.55. The van der Waals surface area contributed by atoms with Crippen LogP contribution < -0.4 is 4.74 Å². The number of benzene rings is 1. The van der Waals surface area contributed by atoms with Crippen molar-refractivity contribution < 1.29 is 55.0 Å². The van der Waals surface area contributed by atoms with Gasteiger partial charge >= 0.3 is 18.3 Å². The largest absolute Gasteiger partial charge is 0.481 e. The van der Waals surface area contributed by atoms with E-state index in [-0.39, 0.29) is 63.8 Å². The maximum atomic E-state index is 15.2. The summed E-state index contributed by atoms with van der Waals surface area (Å²) in [5.41, 5.74) is -2.99. The van der Waals surface area contributed by atoms with Gasteiger partial charge in [-0.1, -0.05) is 25.8 Å². The number of unbranched alkanes of at least 4 members (excludes halogenated alkanes) is 1. The van der Waals surface area contributed by atoms with Crippen LogP contribution in [0, 0.1) is 5.82 Å². The first-order valence-corrected chi connectivity index (χ1v) is 17.4. The average molecular weight is 744 g/mol. The molecule has 3 atom stereocenters. The zero-order valence-electron chi connectivity index (χ0n) is 27.5. The van der Waals surface area contributed by atoms with E-state index in [2.05, 4.69) is 4.98 Å². The van der Waals surface area contributed by atoms with Gasteiger partial charge in [0.15, 0.2) is 0 Å². The van der Waals surface area contributed by atoms with Gasteiger partial charge in [-0.15, -0.1) is 11.3 Å². The Hall–Kier alpha value is -4.21. The fraction of sp³-hybridized carbons (Fsp3) is 0.486. The molecule has 3 aromatic rings. The van der Waals surface area contributed by atoms with Gasteiger partial charge in [0.2, 0.25) is 5.60 Å². The third-order valence-electron chi connectivity index (χ3n) is 9.36. The number of carboxylic acids is 1. The number of amides is 2. The lowest BCUT2D eigenvalue weighted by Crippen LogP contribution is -2.68.